The van der Waals surface area contributed by atoms with Crippen molar-refractivity contribution in [1.29, 1.82) is 0 Å². The summed E-state index contributed by atoms with van der Waals surface area (Å²) in [7, 11) is -3.86. The minimum atomic E-state index is -3.86. The molecule has 0 aromatic heterocycles. The van der Waals surface area contributed by atoms with Crippen LogP contribution in [0.15, 0.2) is 54.6 Å². The standard InChI is InChI=1S/C26H32F2N4O6S/c1-26(2,3)38-25(35)31-15-13-21(14-16-31)39(36,37)32(20-7-5-4-6-8-20)17-18-9-11-19(12-10-18)23(33)29-30-24(34)22(27)28/h4-12,21-22H,13-17H2,1-3H3,(H,29,33)(H,30,34). The Bertz CT molecular complexity index is 1260. The van der Waals surface area contributed by atoms with E-state index < -0.39 is 45.2 Å². The number of benzene rings is 2. The maximum absolute atomic E-state index is 13.8. The first-order chi connectivity index (χ1) is 18.3. The van der Waals surface area contributed by atoms with E-state index in [2.05, 4.69) is 0 Å². The summed E-state index contributed by atoms with van der Waals surface area (Å²) >= 11 is 0. The molecular weight excluding hydrogens is 534 g/mol. The average molecular weight is 567 g/mol. The third-order valence-electron chi connectivity index (χ3n) is 5.91. The zero-order valence-electron chi connectivity index (χ0n) is 21.9. The van der Waals surface area contributed by atoms with Gasteiger partial charge in [0.25, 0.3) is 5.91 Å². The zero-order chi connectivity index (χ0) is 28.8. The van der Waals surface area contributed by atoms with Crippen molar-refractivity contribution in [2.24, 2.45) is 0 Å². The summed E-state index contributed by atoms with van der Waals surface area (Å²) in [5.74, 6) is -2.44. The smallest absolute Gasteiger partial charge is 0.410 e. The first-order valence-electron chi connectivity index (χ1n) is 12.3. The van der Waals surface area contributed by atoms with Gasteiger partial charge < -0.3 is 9.64 Å². The maximum Gasteiger partial charge on any atom is 0.410 e. The van der Waals surface area contributed by atoms with E-state index in [9.17, 15) is 31.6 Å². The molecule has 0 radical (unpaired) electrons. The van der Waals surface area contributed by atoms with Crippen molar-refractivity contribution in [1.82, 2.24) is 15.8 Å². The zero-order valence-corrected chi connectivity index (χ0v) is 22.7. The van der Waals surface area contributed by atoms with Gasteiger partial charge in [-0.15, -0.1) is 0 Å². The predicted octanol–water partition coefficient (Wildman–Crippen LogP) is 3.45. The molecule has 10 nitrogen and oxygen atoms in total. The first kappa shape index (κ1) is 29.8. The van der Waals surface area contributed by atoms with Crippen molar-refractivity contribution in [3.63, 3.8) is 0 Å². The molecule has 13 heteroatoms. The van der Waals surface area contributed by atoms with Crippen LogP contribution in [0.4, 0.5) is 19.3 Å². The van der Waals surface area contributed by atoms with Crippen LogP contribution in [0, 0.1) is 0 Å². The van der Waals surface area contributed by atoms with Crippen LogP contribution < -0.4 is 15.2 Å². The number of carbonyl (C=O) groups excluding carboxylic acids is 3. The summed E-state index contributed by atoms with van der Waals surface area (Å²) in [4.78, 5) is 37.0. The number of carbonyl (C=O) groups is 3. The number of anilines is 1. The molecule has 2 N–H and O–H groups in total. The number of alkyl halides is 2. The SMILES string of the molecule is CC(C)(C)OC(=O)N1CCC(S(=O)(=O)N(Cc2ccc(C(=O)NNC(=O)C(F)F)cc2)c2ccccc2)CC1. The largest absolute Gasteiger partial charge is 0.444 e. The van der Waals surface area contributed by atoms with Gasteiger partial charge in [-0.2, -0.15) is 8.78 Å². The fourth-order valence-corrected chi connectivity index (χ4v) is 5.85. The number of para-hydroxylation sites is 1. The Morgan fingerprint density at radius 3 is 2.13 bits per heavy atom. The van der Waals surface area contributed by atoms with Crippen molar-refractivity contribution in [2.45, 2.75) is 57.4 Å². The van der Waals surface area contributed by atoms with E-state index >= 15 is 0 Å². The maximum atomic E-state index is 13.8. The fourth-order valence-electron chi connectivity index (χ4n) is 3.94. The summed E-state index contributed by atoms with van der Waals surface area (Å²) < 4.78 is 58.9. The van der Waals surface area contributed by atoms with Gasteiger partial charge in [0.05, 0.1) is 17.5 Å². The number of ether oxygens (including phenoxy) is 1. The second-order valence-corrected chi connectivity index (χ2v) is 12.1. The molecule has 3 amide bonds. The number of rotatable bonds is 7. The number of sulfonamides is 1. The van der Waals surface area contributed by atoms with Crippen molar-refractivity contribution >= 4 is 33.6 Å². The first-order valence-corrected chi connectivity index (χ1v) is 13.8. The number of nitrogens with zero attached hydrogens (tertiary/aromatic N) is 2. The van der Waals surface area contributed by atoms with Gasteiger partial charge in [-0.25, -0.2) is 13.2 Å². The van der Waals surface area contributed by atoms with Gasteiger partial charge in [-0.1, -0.05) is 30.3 Å². The second-order valence-electron chi connectivity index (χ2n) is 9.99. The molecule has 0 saturated carbocycles. The molecule has 2 aromatic rings. The fraction of sp³-hybridized carbons (Fsp3) is 0.423. The summed E-state index contributed by atoms with van der Waals surface area (Å²) in [5, 5.41) is -0.722. The minimum Gasteiger partial charge on any atom is -0.444 e. The van der Waals surface area contributed by atoms with Gasteiger partial charge >= 0.3 is 18.4 Å². The Kier molecular flexibility index (Phi) is 9.49. The Balaban J connectivity index is 1.73. The van der Waals surface area contributed by atoms with Crippen LogP contribution in [0.25, 0.3) is 0 Å². The van der Waals surface area contributed by atoms with Crippen LogP contribution >= 0.6 is 0 Å². The Labute approximate surface area is 226 Å². The molecule has 212 valence electrons. The number of nitrogens with one attached hydrogen (secondary N) is 2. The van der Waals surface area contributed by atoms with E-state index in [0.717, 1.165) is 0 Å². The van der Waals surface area contributed by atoms with E-state index in [1.54, 1.807) is 68.7 Å². The third kappa shape index (κ3) is 8.12. The Hall–Kier alpha value is -3.74. The van der Waals surface area contributed by atoms with Crippen molar-refractivity contribution in [3.8, 4) is 0 Å². The molecule has 0 unspecified atom stereocenters. The minimum absolute atomic E-state index is 0.0252. The number of amides is 3. The van der Waals surface area contributed by atoms with E-state index in [-0.39, 0.29) is 38.0 Å². The average Bonchev–Trinajstić information content (AvgIpc) is 2.90. The quantitative estimate of drug-likeness (QED) is 0.495. The van der Waals surface area contributed by atoms with Crippen LogP contribution in [0.5, 0.6) is 0 Å². The summed E-state index contributed by atoms with van der Waals surface area (Å²) in [6, 6.07) is 14.5. The highest BCUT2D eigenvalue weighted by Gasteiger charge is 2.37. The van der Waals surface area contributed by atoms with Crippen molar-refractivity contribution < 1.29 is 36.3 Å². The lowest BCUT2D eigenvalue weighted by atomic mass is 10.1. The molecular formula is C26H32F2N4O6S. The predicted molar refractivity (Wildman–Crippen MR) is 140 cm³/mol. The van der Waals surface area contributed by atoms with Gasteiger partial charge in [0.2, 0.25) is 10.0 Å². The molecule has 3 rings (SSSR count). The molecule has 2 aromatic carbocycles. The van der Waals surface area contributed by atoms with E-state index in [0.29, 0.717) is 11.3 Å². The molecule has 0 bridgehead atoms. The summed E-state index contributed by atoms with van der Waals surface area (Å²) in [5.41, 5.74) is 3.97. The third-order valence-corrected chi connectivity index (χ3v) is 8.17. The van der Waals surface area contributed by atoms with Crippen LogP contribution in [-0.4, -0.2) is 61.6 Å². The highest BCUT2D eigenvalue weighted by Crippen LogP contribution is 2.28. The van der Waals surface area contributed by atoms with Gasteiger partial charge in [-0.05, 0) is 63.4 Å². The number of hydrogen-bond acceptors (Lipinski definition) is 6. The van der Waals surface area contributed by atoms with Gasteiger partial charge in [0.1, 0.15) is 5.60 Å². The van der Waals surface area contributed by atoms with E-state index in [4.69, 9.17) is 4.74 Å². The topological polar surface area (TPSA) is 125 Å². The number of hydrazine groups is 1. The molecule has 1 heterocycles. The van der Waals surface area contributed by atoms with Crippen LogP contribution in [0.1, 0.15) is 49.5 Å². The van der Waals surface area contributed by atoms with Gasteiger partial charge in [0.15, 0.2) is 0 Å². The second kappa shape index (κ2) is 12.4. The highest BCUT2D eigenvalue weighted by molar-refractivity contribution is 7.93. The molecule has 0 atom stereocenters. The number of halogens is 2. The van der Waals surface area contributed by atoms with E-state index in [1.165, 1.54) is 21.3 Å². The van der Waals surface area contributed by atoms with E-state index in [1.807, 2.05) is 5.43 Å². The lowest BCUT2D eigenvalue weighted by Gasteiger charge is -2.36. The Morgan fingerprint density at radius 2 is 1.59 bits per heavy atom. The molecule has 0 spiro atoms. The van der Waals surface area contributed by atoms with Gasteiger partial charge in [0, 0.05) is 18.7 Å². The van der Waals surface area contributed by atoms with Crippen LogP contribution in [0.3, 0.4) is 0 Å². The molecule has 0 aliphatic carbocycles. The van der Waals surface area contributed by atoms with Crippen molar-refractivity contribution in [2.75, 3.05) is 17.4 Å². The number of piperidine rings is 1. The van der Waals surface area contributed by atoms with Crippen LogP contribution in [-0.2, 0) is 26.1 Å². The van der Waals surface area contributed by atoms with Gasteiger partial charge in [-0.3, -0.25) is 24.7 Å². The Morgan fingerprint density at radius 1 is 1.00 bits per heavy atom. The molecule has 1 aliphatic heterocycles. The monoisotopic (exact) mass is 566 g/mol. The highest BCUT2D eigenvalue weighted by atomic mass is 32.2. The summed E-state index contributed by atoms with van der Waals surface area (Å²) in [6.07, 6.45) is -3.26. The normalized spacial score (nSPS) is 14.6. The molecule has 39 heavy (non-hydrogen) atoms. The molecule has 1 fully saturated rings. The molecule has 1 saturated heterocycles. The number of hydrogen-bond donors (Lipinski definition) is 2. The van der Waals surface area contributed by atoms with Crippen LogP contribution in [0.2, 0.25) is 0 Å². The molecule has 1 aliphatic rings. The summed E-state index contributed by atoms with van der Waals surface area (Å²) in [6.45, 7) is 5.77. The lowest BCUT2D eigenvalue weighted by Crippen LogP contribution is -2.48. The van der Waals surface area contributed by atoms with Crippen molar-refractivity contribution in [3.05, 3.63) is 65.7 Å². The number of likely N-dealkylation sites (tertiary alicyclic amines) is 1. The lowest BCUT2D eigenvalue weighted by molar-refractivity contribution is -0.132.